The predicted octanol–water partition coefficient (Wildman–Crippen LogP) is 4.56. The van der Waals surface area contributed by atoms with Crippen LogP contribution in [0.4, 0.5) is 0 Å². The van der Waals surface area contributed by atoms with E-state index in [0.717, 1.165) is 15.6 Å². The number of carbonyl (C=O) groups excluding carboxylic acids is 1. The van der Waals surface area contributed by atoms with Crippen LogP contribution in [0.25, 0.3) is 11.1 Å². The van der Waals surface area contributed by atoms with E-state index in [1.165, 1.54) is 7.11 Å². The normalized spacial score (nSPS) is 10.2. The van der Waals surface area contributed by atoms with Crippen molar-refractivity contribution in [1.29, 1.82) is 0 Å². The molecular formula is C14H10BrClO2. The number of halogens is 2. The maximum absolute atomic E-state index is 11.6. The summed E-state index contributed by atoms with van der Waals surface area (Å²) in [5.41, 5.74) is 2.24. The Hall–Kier alpha value is -1.32. The van der Waals surface area contributed by atoms with Gasteiger partial charge < -0.3 is 4.74 Å². The number of benzene rings is 2. The average molecular weight is 326 g/mol. The van der Waals surface area contributed by atoms with E-state index in [9.17, 15) is 4.79 Å². The van der Waals surface area contributed by atoms with E-state index in [0.29, 0.717) is 10.6 Å². The second kappa shape index (κ2) is 5.55. The van der Waals surface area contributed by atoms with E-state index < -0.39 is 0 Å². The molecule has 0 spiro atoms. The molecule has 0 saturated heterocycles. The number of esters is 1. The average Bonchev–Trinajstić information content (AvgIpc) is 2.37. The molecule has 0 atom stereocenters. The Labute approximate surface area is 119 Å². The fourth-order valence-corrected chi connectivity index (χ4v) is 2.41. The molecule has 2 nitrogen and oxygen atoms in total. The van der Waals surface area contributed by atoms with Gasteiger partial charge in [0.25, 0.3) is 0 Å². The topological polar surface area (TPSA) is 26.3 Å². The first-order chi connectivity index (χ1) is 8.61. The minimum Gasteiger partial charge on any atom is -0.465 e. The third-order valence-electron chi connectivity index (χ3n) is 2.50. The number of hydrogen-bond donors (Lipinski definition) is 0. The van der Waals surface area contributed by atoms with Crippen LogP contribution in [0.2, 0.25) is 5.02 Å². The third kappa shape index (κ3) is 2.74. The van der Waals surface area contributed by atoms with Gasteiger partial charge in [-0.3, -0.25) is 0 Å². The number of ether oxygens (including phenoxy) is 1. The summed E-state index contributed by atoms with van der Waals surface area (Å²) in [6, 6.07) is 12.9. The number of rotatable bonds is 2. The van der Waals surface area contributed by atoms with Crippen molar-refractivity contribution in [2.24, 2.45) is 0 Å². The lowest BCUT2D eigenvalue weighted by molar-refractivity contribution is 0.0600. The highest BCUT2D eigenvalue weighted by Gasteiger charge is 2.10. The van der Waals surface area contributed by atoms with Gasteiger partial charge in [0.1, 0.15) is 0 Å². The van der Waals surface area contributed by atoms with Crippen molar-refractivity contribution in [2.75, 3.05) is 7.11 Å². The number of carbonyl (C=O) groups is 1. The Balaban J connectivity index is 2.55. The van der Waals surface area contributed by atoms with Gasteiger partial charge in [0.2, 0.25) is 0 Å². The SMILES string of the molecule is COC(=O)c1cc(Br)cc(-c2ccccc2Cl)c1. The smallest absolute Gasteiger partial charge is 0.337 e. The summed E-state index contributed by atoms with van der Waals surface area (Å²) < 4.78 is 5.53. The molecule has 0 bridgehead atoms. The Kier molecular flexibility index (Phi) is 4.04. The lowest BCUT2D eigenvalue weighted by atomic mass is 10.0. The minimum absolute atomic E-state index is 0.371. The van der Waals surface area contributed by atoms with Gasteiger partial charge in [-0.15, -0.1) is 0 Å². The van der Waals surface area contributed by atoms with E-state index in [1.54, 1.807) is 12.1 Å². The van der Waals surface area contributed by atoms with Crippen molar-refractivity contribution in [3.63, 3.8) is 0 Å². The Morgan fingerprint density at radius 2 is 1.94 bits per heavy atom. The van der Waals surface area contributed by atoms with Crippen LogP contribution in [0.1, 0.15) is 10.4 Å². The van der Waals surface area contributed by atoms with Crippen LogP contribution in [0.5, 0.6) is 0 Å². The summed E-state index contributed by atoms with van der Waals surface area (Å²) in [7, 11) is 1.36. The molecule has 0 amide bonds. The fourth-order valence-electron chi connectivity index (χ4n) is 1.68. The second-order valence-corrected chi connectivity index (χ2v) is 5.02. The van der Waals surface area contributed by atoms with Crippen LogP contribution >= 0.6 is 27.5 Å². The lowest BCUT2D eigenvalue weighted by Gasteiger charge is -2.07. The molecule has 0 unspecified atom stereocenters. The molecule has 0 N–H and O–H groups in total. The lowest BCUT2D eigenvalue weighted by Crippen LogP contribution is -2.01. The van der Waals surface area contributed by atoms with Gasteiger partial charge in [-0.05, 0) is 29.8 Å². The molecule has 0 aliphatic heterocycles. The molecule has 92 valence electrons. The van der Waals surface area contributed by atoms with Crippen LogP contribution < -0.4 is 0 Å². The molecule has 0 aliphatic carbocycles. The monoisotopic (exact) mass is 324 g/mol. The zero-order valence-corrected chi connectivity index (χ0v) is 12.0. The molecule has 2 aromatic rings. The highest BCUT2D eigenvalue weighted by atomic mass is 79.9. The van der Waals surface area contributed by atoms with E-state index in [-0.39, 0.29) is 5.97 Å². The zero-order chi connectivity index (χ0) is 13.1. The van der Waals surface area contributed by atoms with Gasteiger partial charge in [-0.1, -0.05) is 45.7 Å². The summed E-state index contributed by atoms with van der Waals surface area (Å²) >= 11 is 9.53. The molecule has 0 fully saturated rings. The number of methoxy groups -OCH3 is 1. The van der Waals surface area contributed by atoms with Crippen molar-refractivity contribution in [1.82, 2.24) is 0 Å². The van der Waals surface area contributed by atoms with E-state index >= 15 is 0 Å². The van der Waals surface area contributed by atoms with Crippen LogP contribution in [0.15, 0.2) is 46.9 Å². The van der Waals surface area contributed by atoms with Crippen molar-refractivity contribution in [3.8, 4) is 11.1 Å². The molecule has 2 aromatic carbocycles. The fraction of sp³-hybridized carbons (Fsp3) is 0.0714. The van der Waals surface area contributed by atoms with Gasteiger partial charge in [-0.2, -0.15) is 0 Å². The highest BCUT2D eigenvalue weighted by Crippen LogP contribution is 2.30. The summed E-state index contributed by atoms with van der Waals surface area (Å²) in [6.07, 6.45) is 0. The quantitative estimate of drug-likeness (QED) is 0.757. The van der Waals surface area contributed by atoms with Gasteiger partial charge >= 0.3 is 5.97 Å². The standard InChI is InChI=1S/C14H10BrClO2/c1-18-14(17)10-6-9(7-11(15)8-10)12-4-2-3-5-13(12)16/h2-8H,1H3. The van der Waals surface area contributed by atoms with Crippen molar-refractivity contribution < 1.29 is 9.53 Å². The molecule has 0 radical (unpaired) electrons. The molecule has 0 aromatic heterocycles. The molecule has 0 heterocycles. The first kappa shape index (κ1) is 13.1. The Morgan fingerprint density at radius 3 is 2.61 bits per heavy atom. The van der Waals surface area contributed by atoms with Gasteiger partial charge in [0.15, 0.2) is 0 Å². The van der Waals surface area contributed by atoms with Gasteiger partial charge in [0, 0.05) is 15.1 Å². The molecule has 2 rings (SSSR count). The van der Waals surface area contributed by atoms with E-state index in [1.807, 2.05) is 30.3 Å². The van der Waals surface area contributed by atoms with Crippen molar-refractivity contribution in [2.45, 2.75) is 0 Å². The predicted molar refractivity (Wildman–Crippen MR) is 75.9 cm³/mol. The zero-order valence-electron chi connectivity index (χ0n) is 9.61. The highest BCUT2D eigenvalue weighted by molar-refractivity contribution is 9.10. The molecule has 0 saturated carbocycles. The molecule has 0 aliphatic rings. The first-order valence-electron chi connectivity index (χ1n) is 5.25. The van der Waals surface area contributed by atoms with Crippen LogP contribution in [-0.2, 0) is 4.74 Å². The van der Waals surface area contributed by atoms with Crippen LogP contribution in [-0.4, -0.2) is 13.1 Å². The maximum Gasteiger partial charge on any atom is 0.337 e. The van der Waals surface area contributed by atoms with Gasteiger partial charge in [-0.25, -0.2) is 4.79 Å². The molecule has 4 heteroatoms. The molecular weight excluding hydrogens is 316 g/mol. The number of hydrogen-bond acceptors (Lipinski definition) is 2. The van der Waals surface area contributed by atoms with Gasteiger partial charge in [0.05, 0.1) is 12.7 Å². The Bertz CT molecular complexity index is 596. The van der Waals surface area contributed by atoms with Crippen LogP contribution in [0.3, 0.4) is 0 Å². The second-order valence-electron chi connectivity index (χ2n) is 3.70. The summed E-state index contributed by atoms with van der Waals surface area (Å²) in [6.45, 7) is 0. The maximum atomic E-state index is 11.6. The summed E-state index contributed by atoms with van der Waals surface area (Å²) in [5, 5.41) is 0.645. The van der Waals surface area contributed by atoms with Crippen molar-refractivity contribution >= 4 is 33.5 Å². The summed E-state index contributed by atoms with van der Waals surface area (Å²) in [5.74, 6) is -0.371. The van der Waals surface area contributed by atoms with Crippen LogP contribution in [0, 0.1) is 0 Å². The van der Waals surface area contributed by atoms with E-state index in [4.69, 9.17) is 16.3 Å². The molecule has 18 heavy (non-hydrogen) atoms. The first-order valence-corrected chi connectivity index (χ1v) is 6.42. The summed E-state index contributed by atoms with van der Waals surface area (Å²) in [4.78, 5) is 11.6. The minimum atomic E-state index is -0.371. The van der Waals surface area contributed by atoms with E-state index in [2.05, 4.69) is 15.9 Å². The largest absolute Gasteiger partial charge is 0.465 e. The van der Waals surface area contributed by atoms with Crippen molar-refractivity contribution in [3.05, 3.63) is 57.5 Å². The Morgan fingerprint density at radius 1 is 1.22 bits per heavy atom. The third-order valence-corrected chi connectivity index (χ3v) is 3.29.